The van der Waals surface area contributed by atoms with Crippen molar-refractivity contribution >= 4 is 11.5 Å². The molecule has 4 heteroatoms. The van der Waals surface area contributed by atoms with Crippen LogP contribution in [0.4, 0.5) is 5.69 Å². The molecule has 2 heterocycles. The predicted molar refractivity (Wildman–Crippen MR) is 102 cm³/mol. The Hall–Kier alpha value is -2.64. The fraction of sp³-hybridized carbons (Fsp3) is 0.364. The minimum Gasteiger partial charge on any atom is -0.379 e. The lowest BCUT2D eigenvalue weighted by molar-refractivity contribution is 0.0964. The van der Waals surface area contributed by atoms with Crippen LogP contribution < -0.4 is 5.32 Å². The molecule has 0 aromatic heterocycles. The smallest absolute Gasteiger partial charge is 0.165 e. The van der Waals surface area contributed by atoms with Gasteiger partial charge in [-0.1, -0.05) is 24.3 Å². The van der Waals surface area contributed by atoms with Gasteiger partial charge in [0.2, 0.25) is 0 Å². The van der Waals surface area contributed by atoms with E-state index in [0.717, 1.165) is 50.1 Å². The molecule has 2 aliphatic heterocycles. The van der Waals surface area contributed by atoms with Crippen LogP contribution in [0.3, 0.4) is 0 Å². The molecule has 26 heavy (non-hydrogen) atoms. The summed E-state index contributed by atoms with van der Waals surface area (Å²) in [6.45, 7) is 2.95. The zero-order chi connectivity index (χ0) is 18.0. The van der Waals surface area contributed by atoms with Gasteiger partial charge in [-0.15, -0.1) is 0 Å². The zero-order valence-corrected chi connectivity index (χ0v) is 14.9. The molecule has 0 unspecified atom stereocenters. The molecule has 0 amide bonds. The lowest BCUT2D eigenvalue weighted by Crippen LogP contribution is -2.48. The number of carbonyl (C=O) groups is 1. The molecule has 2 aromatic carbocycles. The van der Waals surface area contributed by atoms with E-state index in [1.54, 1.807) is 0 Å². The molecule has 4 rings (SSSR count). The topological polar surface area (TPSA) is 56.1 Å². The number of carbonyl (C=O) groups excluding carboxylic acids is 1. The Morgan fingerprint density at radius 2 is 1.77 bits per heavy atom. The Morgan fingerprint density at radius 1 is 1.04 bits per heavy atom. The molecule has 4 nitrogen and oxygen atoms in total. The van der Waals surface area contributed by atoms with Crippen molar-refractivity contribution in [2.75, 3.05) is 18.4 Å². The van der Waals surface area contributed by atoms with Crippen molar-refractivity contribution in [3.63, 3.8) is 0 Å². The molecule has 0 saturated carbocycles. The standard InChI is InChI=1S/C22H23N3O/c23-15-17-5-7-18(8-6-17)16-25-13-11-22(12-14-25)10-9-21(26)19-3-1-2-4-20(19)24-22/h1-8,24H,9-14,16H2. The summed E-state index contributed by atoms with van der Waals surface area (Å²) in [5, 5.41) is 12.6. The first-order valence-corrected chi connectivity index (χ1v) is 9.29. The van der Waals surface area contributed by atoms with Gasteiger partial charge in [-0.05, 0) is 49.1 Å². The van der Waals surface area contributed by atoms with Crippen LogP contribution in [0.15, 0.2) is 48.5 Å². The second kappa shape index (κ2) is 6.93. The molecule has 0 radical (unpaired) electrons. The first-order chi connectivity index (χ1) is 12.7. The summed E-state index contributed by atoms with van der Waals surface area (Å²) in [7, 11) is 0. The number of benzene rings is 2. The first kappa shape index (κ1) is 16.8. The van der Waals surface area contributed by atoms with Gasteiger partial charge in [0.1, 0.15) is 0 Å². The van der Waals surface area contributed by atoms with Gasteiger partial charge in [-0.3, -0.25) is 9.69 Å². The van der Waals surface area contributed by atoms with E-state index in [9.17, 15) is 4.79 Å². The number of hydrogen-bond acceptors (Lipinski definition) is 4. The van der Waals surface area contributed by atoms with E-state index in [0.29, 0.717) is 12.0 Å². The monoisotopic (exact) mass is 345 g/mol. The molecular formula is C22H23N3O. The summed E-state index contributed by atoms with van der Waals surface area (Å²) in [5.74, 6) is 0.255. The maximum Gasteiger partial charge on any atom is 0.165 e. The number of hydrogen-bond donors (Lipinski definition) is 1. The van der Waals surface area contributed by atoms with Crippen molar-refractivity contribution in [3.05, 3.63) is 65.2 Å². The maximum atomic E-state index is 12.4. The fourth-order valence-electron chi connectivity index (χ4n) is 4.13. The molecule has 0 bridgehead atoms. The van der Waals surface area contributed by atoms with E-state index in [1.807, 2.05) is 48.5 Å². The molecule has 2 aliphatic rings. The average molecular weight is 345 g/mol. The van der Waals surface area contributed by atoms with Gasteiger partial charge in [0.05, 0.1) is 11.6 Å². The van der Waals surface area contributed by atoms with E-state index in [-0.39, 0.29) is 11.3 Å². The maximum absolute atomic E-state index is 12.4. The molecule has 1 N–H and O–H groups in total. The quantitative estimate of drug-likeness (QED) is 0.894. The number of Topliss-reactive ketones (excluding diaryl/α,β-unsaturated/α-hetero) is 1. The number of nitrogens with zero attached hydrogens (tertiary/aromatic N) is 2. The highest BCUT2D eigenvalue weighted by Crippen LogP contribution is 2.36. The number of ketones is 1. The number of para-hydroxylation sites is 1. The van der Waals surface area contributed by atoms with Crippen LogP contribution in [0.25, 0.3) is 0 Å². The van der Waals surface area contributed by atoms with E-state index in [2.05, 4.69) is 16.3 Å². The molecule has 132 valence electrons. The second-order valence-corrected chi connectivity index (χ2v) is 7.46. The third-order valence-corrected chi connectivity index (χ3v) is 5.76. The summed E-state index contributed by atoms with van der Waals surface area (Å²) >= 11 is 0. The van der Waals surface area contributed by atoms with Crippen molar-refractivity contribution in [1.29, 1.82) is 5.26 Å². The molecular weight excluding hydrogens is 322 g/mol. The minimum atomic E-state index is 0.0312. The largest absolute Gasteiger partial charge is 0.379 e. The van der Waals surface area contributed by atoms with Gasteiger partial charge in [0, 0.05) is 42.8 Å². The number of likely N-dealkylation sites (tertiary alicyclic amines) is 1. The Bertz CT molecular complexity index is 842. The highest BCUT2D eigenvalue weighted by molar-refractivity contribution is 6.02. The van der Waals surface area contributed by atoms with Crippen molar-refractivity contribution in [2.24, 2.45) is 0 Å². The lowest BCUT2D eigenvalue weighted by Gasteiger charge is -2.42. The lowest BCUT2D eigenvalue weighted by atomic mass is 9.83. The third kappa shape index (κ3) is 3.36. The summed E-state index contributed by atoms with van der Waals surface area (Å²) in [5.41, 5.74) is 3.82. The number of nitrogens with one attached hydrogen (secondary N) is 1. The highest BCUT2D eigenvalue weighted by atomic mass is 16.1. The van der Waals surface area contributed by atoms with Crippen molar-refractivity contribution in [2.45, 2.75) is 37.8 Å². The van der Waals surface area contributed by atoms with Crippen molar-refractivity contribution < 1.29 is 4.79 Å². The van der Waals surface area contributed by atoms with E-state index < -0.39 is 0 Å². The summed E-state index contributed by atoms with van der Waals surface area (Å²) in [6.07, 6.45) is 3.63. The van der Waals surface area contributed by atoms with Gasteiger partial charge < -0.3 is 5.32 Å². The van der Waals surface area contributed by atoms with E-state index in [4.69, 9.17) is 5.26 Å². The van der Waals surface area contributed by atoms with Gasteiger partial charge in [0.15, 0.2) is 5.78 Å². The van der Waals surface area contributed by atoms with Gasteiger partial charge in [0.25, 0.3) is 0 Å². The highest BCUT2D eigenvalue weighted by Gasteiger charge is 2.37. The molecule has 1 fully saturated rings. The van der Waals surface area contributed by atoms with Crippen LogP contribution in [0, 0.1) is 11.3 Å². The molecule has 2 aromatic rings. The molecule has 0 aliphatic carbocycles. The zero-order valence-electron chi connectivity index (χ0n) is 14.9. The molecule has 1 saturated heterocycles. The van der Waals surface area contributed by atoms with Crippen molar-refractivity contribution in [1.82, 2.24) is 4.90 Å². The number of anilines is 1. The first-order valence-electron chi connectivity index (χ1n) is 9.29. The average Bonchev–Trinajstić information content (AvgIpc) is 2.82. The van der Waals surface area contributed by atoms with Crippen LogP contribution in [-0.2, 0) is 6.54 Å². The van der Waals surface area contributed by atoms with Crippen LogP contribution in [-0.4, -0.2) is 29.3 Å². The fourth-order valence-corrected chi connectivity index (χ4v) is 4.13. The Labute approximate surface area is 154 Å². The van der Waals surface area contributed by atoms with E-state index in [1.165, 1.54) is 5.56 Å². The summed E-state index contributed by atoms with van der Waals surface area (Å²) in [6, 6.07) is 17.9. The second-order valence-electron chi connectivity index (χ2n) is 7.46. The minimum absolute atomic E-state index is 0.0312. The Morgan fingerprint density at radius 3 is 2.50 bits per heavy atom. The number of nitriles is 1. The predicted octanol–water partition coefficient (Wildman–Crippen LogP) is 3.98. The Balaban J connectivity index is 1.43. The molecule has 1 spiro atoms. The number of rotatable bonds is 2. The van der Waals surface area contributed by atoms with Crippen LogP contribution in [0.2, 0.25) is 0 Å². The normalized spacial score (nSPS) is 19.3. The Kier molecular flexibility index (Phi) is 4.48. The number of fused-ring (bicyclic) bond motifs is 1. The van der Waals surface area contributed by atoms with Crippen LogP contribution >= 0.6 is 0 Å². The van der Waals surface area contributed by atoms with Gasteiger partial charge in [-0.25, -0.2) is 0 Å². The van der Waals surface area contributed by atoms with Gasteiger partial charge >= 0.3 is 0 Å². The van der Waals surface area contributed by atoms with Crippen molar-refractivity contribution in [3.8, 4) is 6.07 Å². The third-order valence-electron chi connectivity index (χ3n) is 5.76. The van der Waals surface area contributed by atoms with Gasteiger partial charge in [-0.2, -0.15) is 5.26 Å². The molecule has 0 atom stereocenters. The number of piperidine rings is 1. The van der Waals surface area contributed by atoms with Crippen LogP contribution in [0.1, 0.15) is 47.2 Å². The summed E-state index contributed by atoms with van der Waals surface area (Å²) < 4.78 is 0. The van der Waals surface area contributed by atoms with E-state index >= 15 is 0 Å². The van der Waals surface area contributed by atoms with Crippen LogP contribution in [0.5, 0.6) is 0 Å². The SMILES string of the molecule is N#Cc1ccc(CN2CCC3(CCC(=O)c4ccccc4N3)CC2)cc1. The summed E-state index contributed by atoms with van der Waals surface area (Å²) in [4.78, 5) is 14.9.